The summed E-state index contributed by atoms with van der Waals surface area (Å²) in [6.45, 7) is 0.0958. The summed E-state index contributed by atoms with van der Waals surface area (Å²) in [6.07, 6.45) is 0. The fourth-order valence-electron chi connectivity index (χ4n) is 3.27. The van der Waals surface area contributed by atoms with E-state index in [4.69, 9.17) is 4.74 Å². The Morgan fingerprint density at radius 3 is 2.41 bits per heavy atom. The molecule has 0 saturated carbocycles. The molecular formula is C22H18N2O3. The van der Waals surface area contributed by atoms with Gasteiger partial charge in [0.25, 0.3) is 0 Å². The minimum atomic E-state index is -0.160. The normalized spacial score (nSPS) is 10.9. The maximum atomic E-state index is 12.9. The Morgan fingerprint density at radius 1 is 0.926 bits per heavy atom. The third-order valence-electron chi connectivity index (χ3n) is 4.54. The van der Waals surface area contributed by atoms with Gasteiger partial charge in [0.05, 0.1) is 18.1 Å². The molecule has 0 radical (unpaired) electrons. The van der Waals surface area contributed by atoms with Crippen molar-refractivity contribution in [2.24, 2.45) is 0 Å². The summed E-state index contributed by atoms with van der Waals surface area (Å²) in [5.41, 5.74) is 2.09. The number of anilines is 1. The number of ether oxygens (including phenoxy) is 1. The lowest BCUT2D eigenvalue weighted by molar-refractivity contribution is -0.116. The first-order valence-corrected chi connectivity index (χ1v) is 8.61. The minimum Gasteiger partial charge on any atom is -0.497 e. The monoisotopic (exact) mass is 358 g/mol. The van der Waals surface area contributed by atoms with Crippen LogP contribution in [0, 0.1) is 0 Å². The lowest BCUT2D eigenvalue weighted by Crippen LogP contribution is -2.21. The number of hydrogen-bond donors (Lipinski definition) is 1. The first kappa shape index (κ1) is 16.8. The van der Waals surface area contributed by atoms with Gasteiger partial charge >= 0.3 is 0 Å². The summed E-state index contributed by atoms with van der Waals surface area (Å²) in [5.74, 6) is 0.447. The highest BCUT2D eigenvalue weighted by Crippen LogP contribution is 2.23. The second-order valence-corrected chi connectivity index (χ2v) is 6.23. The zero-order chi connectivity index (χ0) is 18.8. The molecule has 0 spiro atoms. The third kappa shape index (κ3) is 3.15. The summed E-state index contributed by atoms with van der Waals surface area (Å²) >= 11 is 0. The molecule has 0 aliphatic heterocycles. The molecule has 0 bridgehead atoms. The van der Waals surface area contributed by atoms with E-state index in [1.165, 1.54) is 0 Å². The van der Waals surface area contributed by atoms with Gasteiger partial charge in [-0.15, -0.1) is 0 Å². The van der Waals surface area contributed by atoms with Crippen LogP contribution in [0.4, 0.5) is 5.69 Å². The molecule has 5 nitrogen and oxygen atoms in total. The van der Waals surface area contributed by atoms with Crippen molar-refractivity contribution >= 4 is 33.4 Å². The van der Waals surface area contributed by atoms with Crippen molar-refractivity contribution in [2.75, 3.05) is 12.4 Å². The molecule has 0 atom stereocenters. The van der Waals surface area contributed by atoms with Crippen molar-refractivity contribution in [3.63, 3.8) is 0 Å². The Balaban J connectivity index is 1.86. The van der Waals surface area contributed by atoms with Crippen molar-refractivity contribution in [2.45, 2.75) is 6.54 Å². The number of rotatable bonds is 4. The summed E-state index contributed by atoms with van der Waals surface area (Å²) in [4.78, 5) is 25.6. The fourth-order valence-corrected chi connectivity index (χ4v) is 3.27. The molecule has 4 rings (SSSR count). The maximum Gasteiger partial charge on any atom is 0.244 e. The standard InChI is InChI=1S/C22H18N2O3/c1-27-16-11-12-20-18(13-16)22(26)17-9-5-6-10-19(17)24(20)14-21(25)23-15-7-3-2-4-8-15/h2-13H,14H2,1H3,(H,23,25). The van der Waals surface area contributed by atoms with Crippen LogP contribution in [0.5, 0.6) is 5.75 Å². The Hall–Kier alpha value is -3.60. The topological polar surface area (TPSA) is 60.3 Å². The second kappa shape index (κ2) is 6.96. The van der Waals surface area contributed by atoms with Crippen LogP contribution in [0.25, 0.3) is 21.8 Å². The highest BCUT2D eigenvalue weighted by molar-refractivity contribution is 5.97. The van der Waals surface area contributed by atoms with E-state index in [1.807, 2.05) is 59.2 Å². The van der Waals surface area contributed by atoms with Gasteiger partial charge in [0, 0.05) is 16.5 Å². The molecule has 1 N–H and O–H groups in total. The van der Waals surface area contributed by atoms with Crippen molar-refractivity contribution in [1.29, 1.82) is 0 Å². The van der Waals surface area contributed by atoms with E-state index in [0.29, 0.717) is 22.0 Å². The van der Waals surface area contributed by atoms with E-state index < -0.39 is 0 Å². The molecule has 3 aromatic carbocycles. The number of para-hydroxylation sites is 2. The van der Waals surface area contributed by atoms with Gasteiger partial charge in [-0.1, -0.05) is 30.3 Å². The largest absolute Gasteiger partial charge is 0.497 e. The van der Waals surface area contributed by atoms with Gasteiger partial charge in [-0.3, -0.25) is 9.59 Å². The van der Waals surface area contributed by atoms with E-state index in [-0.39, 0.29) is 17.9 Å². The lowest BCUT2D eigenvalue weighted by atomic mass is 10.1. The van der Waals surface area contributed by atoms with Crippen LogP contribution in [-0.2, 0) is 11.3 Å². The summed E-state index contributed by atoms with van der Waals surface area (Å²) < 4.78 is 7.13. The zero-order valence-corrected chi connectivity index (χ0v) is 14.8. The Bertz CT molecular complexity index is 1200. The van der Waals surface area contributed by atoms with Crippen molar-refractivity contribution in [3.8, 4) is 5.75 Å². The predicted molar refractivity (Wildman–Crippen MR) is 107 cm³/mol. The minimum absolute atomic E-state index is 0.0702. The van der Waals surface area contributed by atoms with E-state index in [9.17, 15) is 9.59 Å². The van der Waals surface area contributed by atoms with Crippen LogP contribution in [0.3, 0.4) is 0 Å². The molecule has 0 aliphatic rings. The van der Waals surface area contributed by atoms with Crippen molar-refractivity contribution in [1.82, 2.24) is 4.57 Å². The molecule has 1 amide bonds. The molecule has 0 aliphatic carbocycles. The van der Waals surface area contributed by atoms with Crippen LogP contribution in [-0.4, -0.2) is 17.6 Å². The molecule has 27 heavy (non-hydrogen) atoms. The number of hydrogen-bond acceptors (Lipinski definition) is 3. The third-order valence-corrected chi connectivity index (χ3v) is 4.54. The average molecular weight is 358 g/mol. The van der Waals surface area contributed by atoms with Gasteiger partial charge in [0.1, 0.15) is 12.3 Å². The molecule has 1 aromatic heterocycles. The molecule has 0 unspecified atom stereocenters. The molecule has 4 aromatic rings. The first-order valence-electron chi connectivity index (χ1n) is 8.61. The van der Waals surface area contributed by atoms with Crippen LogP contribution in [0.1, 0.15) is 0 Å². The first-order chi connectivity index (χ1) is 13.2. The quantitative estimate of drug-likeness (QED) is 0.565. The summed E-state index contributed by atoms with van der Waals surface area (Å²) in [5, 5.41) is 4.00. The summed E-state index contributed by atoms with van der Waals surface area (Å²) in [6, 6.07) is 22.0. The van der Waals surface area contributed by atoms with Crippen LogP contribution in [0.2, 0.25) is 0 Å². The van der Waals surface area contributed by atoms with Crippen molar-refractivity contribution < 1.29 is 9.53 Å². The number of carbonyl (C=O) groups is 1. The number of amides is 1. The number of nitrogens with one attached hydrogen (secondary N) is 1. The molecular weight excluding hydrogens is 340 g/mol. The van der Waals surface area contributed by atoms with E-state index in [1.54, 1.807) is 25.3 Å². The molecule has 0 fully saturated rings. The number of fused-ring (bicyclic) bond motifs is 2. The van der Waals surface area contributed by atoms with E-state index >= 15 is 0 Å². The van der Waals surface area contributed by atoms with E-state index in [0.717, 1.165) is 11.2 Å². The fraction of sp³-hybridized carbons (Fsp3) is 0.0909. The van der Waals surface area contributed by atoms with Gasteiger partial charge in [-0.25, -0.2) is 0 Å². The number of benzene rings is 3. The number of nitrogens with zero attached hydrogens (tertiary/aromatic N) is 1. The highest BCUT2D eigenvalue weighted by atomic mass is 16.5. The Labute approximate surface area is 155 Å². The Kier molecular flexibility index (Phi) is 4.34. The zero-order valence-electron chi connectivity index (χ0n) is 14.8. The summed E-state index contributed by atoms with van der Waals surface area (Å²) in [7, 11) is 1.56. The average Bonchev–Trinajstić information content (AvgIpc) is 2.71. The second-order valence-electron chi connectivity index (χ2n) is 6.23. The van der Waals surface area contributed by atoms with Crippen LogP contribution in [0.15, 0.2) is 77.6 Å². The van der Waals surface area contributed by atoms with E-state index in [2.05, 4.69) is 5.32 Å². The number of pyridine rings is 1. The molecule has 134 valence electrons. The number of carbonyl (C=O) groups excluding carboxylic acids is 1. The predicted octanol–water partition coefficient (Wildman–Crippen LogP) is 3.80. The van der Waals surface area contributed by atoms with Crippen LogP contribution >= 0.6 is 0 Å². The van der Waals surface area contributed by atoms with Gasteiger partial charge in [0.15, 0.2) is 5.43 Å². The van der Waals surface area contributed by atoms with Gasteiger partial charge in [-0.2, -0.15) is 0 Å². The molecule has 5 heteroatoms. The van der Waals surface area contributed by atoms with Crippen LogP contribution < -0.4 is 15.5 Å². The maximum absolute atomic E-state index is 12.9. The number of methoxy groups -OCH3 is 1. The van der Waals surface area contributed by atoms with Crippen molar-refractivity contribution in [3.05, 3.63) is 83.0 Å². The SMILES string of the molecule is COc1ccc2c(c1)c(=O)c1ccccc1n2CC(=O)Nc1ccccc1. The van der Waals surface area contributed by atoms with Gasteiger partial charge in [-0.05, 0) is 42.5 Å². The Morgan fingerprint density at radius 2 is 1.63 bits per heavy atom. The van der Waals surface area contributed by atoms with Gasteiger partial charge < -0.3 is 14.6 Å². The van der Waals surface area contributed by atoms with Gasteiger partial charge in [0.2, 0.25) is 5.91 Å². The smallest absolute Gasteiger partial charge is 0.244 e. The lowest BCUT2D eigenvalue weighted by Gasteiger charge is -2.15. The highest BCUT2D eigenvalue weighted by Gasteiger charge is 2.14. The molecule has 0 saturated heterocycles. The number of aromatic nitrogens is 1. The molecule has 1 heterocycles.